The second-order valence-corrected chi connectivity index (χ2v) is 4.02. The van der Waals surface area contributed by atoms with Crippen LogP contribution in [0, 0.1) is 0 Å². The van der Waals surface area contributed by atoms with Crippen LogP contribution in [0.25, 0.3) is 0 Å². The van der Waals surface area contributed by atoms with Crippen molar-refractivity contribution in [2.45, 2.75) is 18.4 Å². The smallest absolute Gasteiger partial charge is 0.131 e. The van der Waals surface area contributed by atoms with E-state index < -0.39 is 5.60 Å². The maximum absolute atomic E-state index is 10.2. The van der Waals surface area contributed by atoms with Crippen LogP contribution in [0.3, 0.4) is 0 Å². The first-order chi connectivity index (χ1) is 7.68. The first kappa shape index (κ1) is 11.1. The van der Waals surface area contributed by atoms with Gasteiger partial charge in [0.15, 0.2) is 0 Å². The van der Waals surface area contributed by atoms with E-state index in [1.165, 1.54) is 6.33 Å². The fourth-order valence-electron chi connectivity index (χ4n) is 1.65. The van der Waals surface area contributed by atoms with Crippen molar-refractivity contribution in [3.63, 3.8) is 0 Å². The van der Waals surface area contributed by atoms with Crippen LogP contribution in [-0.4, -0.2) is 40.4 Å². The Balaban J connectivity index is 1.91. The number of hydrogen-bond acceptors (Lipinski definition) is 6. The molecule has 0 radical (unpaired) electrons. The Labute approximate surface area is 93.9 Å². The molecule has 16 heavy (non-hydrogen) atoms. The van der Waals surface area contributed by atoms with Gasteiger partial charge < -0.3 is 20.9 Å². The Morgan fingerprint density at radius 1 is 1.44 bits per heavy atom. The molecular weight excluding hydrogens is 208 g/mol. The fraction of sp³-hybridized carbons (Fsp3) is 0.600. The minimum Gasteiger partial charge on any atom is -0.388 e. The first-order valence-corrected chi connectivity index (χ1v) is 5.29. The molecule has 1 saturated heterocycles. The molecule has 1 aromatic rings. The molecule has 0 atom stereocenters. The number of nitrogen functional groups attached to an aromatic ring is 1. The Hall–Kier alpha value is -1.40. The van der Waals surface area contributed by atoms with Crippen LogP contribution in [0.4, 0.5) is 11.6 Å². The molecule has 2 heterocycles. The van der Waals surface area contributed by atoms with Gasteiger partial charge in [0.2, 0.25) is 0 Å². The van der Waals surface area contributed by atoms with Gasteiger partial charge in [-0.05, 0) is 0 Å². The molecular formula is C10H16N4O2. The molecule has 1 aliphatic rings. The van der Waals surface area contributed by atoms with Crippen molar-refractivity contribution in [2.75, 3.05) is 30.8 Å². The third-order valence-electron chi connectivity index (χ3n) is 2.71. The summed E-state index contributed by atoms with van der Waals surface area (Å²) < 4.78 is 5.20. The molecule has 1 aliphatic heterocycles. The molecule has 0 amide bonds. The lowest BCUT2D eigenvalue weighted by Crippen LogP contribution is -2.42. The van der Waals surface area contributed by atoms with E-state index in [-0.39, 0.29) is 0 Å². The first-order valence-electron chi connectivity index (χ1n) is 5.29. The van der Waals surface area contributed by atoms with Crippen LogP contribution in [0.2, 0.25) is 0 Å². The van der Waals surface area contributed by atoms with E-state index >= 15 is 0 Å². The predicted molar refractivity (Wildman–Crippen MR) is 59.9 cm³/mol. The largest absolute Gasteiger partial charge is 0.388 e. The molecule has 0 aromatic carbocycles. The number of aliphatic hydroxyl groups is 1. The number of nitrogens with one attached hydrogen (secondary N) is 1. The number of ether oxygens (including phenoxy) is 1. The molecule has 1 aromatic heterocycles. The van der Waals surface area contributed by atoms with E-state index in [0.29, 0.717) is 44.2 Å². The zero-order valence-corrected chi connectivity index (χ0v) is 9.02. The summed E-state index contributed by atoms with van der Waals surface area (Å²) in [6, 6.07) is 1.64. The molecule has 0 spiro atoms. The van der Waals surface area contributed by atoms with Crippen LogP contribution in [0.1, 0.15) is 12.8 Å². The lowest BCUT2D eigenvalue weighted by molar-refractivity contribution is -0.0543. The molecule has 6 nitrogen and oxygen atoms in total. The minimum absolute atomic E-state index is 0.413. The Morgan fingerprint density at radius 3 is 2.88 bits per heavy atom. The van der Waals surface area contributed by atoms with Crippen molar-refractivity contribution in [3.8, 4) is 0 Å². The van der Waals surface area contributed by atoms with Gasteiger partial charge in [-0.15, -0.1) is 0 Å². The lowest BCUT2D eigenvalue weighted by atomic mass is 9.94. The zero-order chi connectivity index (χ0) is 11.4. The molecule has 4 N–H and O–H groups in total. The van der Waals surface area contributed by atoms with E-state index in [2.05, 4.69) is 15.3 Å². The molecule has 0 bridgehead atoms. The van der Waals surface area contributed by atoms with Crippen molar-refractivity contribution in [1.82, 2.24) is 9.97 Å². The number of nitrogens with zero attached hydrogens (tertiary/aromatic N) is 2. The van der Waals surface area contributed by atoms with E-state index in [1.807, 2.05) is 0 Å². The molecule has 1 fully saturated rings. The summed E-state index contributed by atoms with van der Waals surface area (Å²) in [4.78, 5) is 7.81. The third kappa shape index (κ3) is 2.80. The summed E-state index contributed by atoms with van der Waals surface area (Å²) in [5.74, 6) is 1.05. The molecule has 2 rings (SSSR count). The monoisotopic (exact) mass is 224 g/mol. The highest BCUT2D eigenvalue weighted by Crippen LogP contribution is 2.20. The van der Waals surface area contributed by atoms with Crippen LogP contribution < -0.4 is 11.1 Å². The quantitative estimate of drug-likeness (QED) is 0.669. The van der Waals surface area contributed by atoms with Crippen molar-refractivity contribution in [2.24, 2.45) is 0 Å². The minimum atomic E-state index is -0.710. The summed E-state index contributed by atoms with van der Waals surface area (Å²) in [6.07, 6.45) is 2.67. The lowest BCUT2D eigenvalue weighted by Gasteiger charge is -2.32. The van der Waals surface area contributed by atoms with Gasteiger partial charge in [0.25, 0.3) is 0 Å². The van der Waals surface area contributed by atoms with Gasteiger partial charge in [-0.3, -0.25) is 0 Å². The topological polar surface area (TPSA) is 93.3 Å². The van der Waals surface area contributed by atoms with Gasteiger partial charge in [-0.25, -0.2) is 9.97 Å². The zero-order valence-electron chi connectivity index (χ0n) is 9.02. The summed E-state index contributed by atoms with van der Waals surface area (Å²) in [5, 5.41) is 13.2. The third-order valence-corrected chi connectivity index (χ3v) is 2.71. The van der Waals surface area contributed by atoms with Gasteiger partial charge >= 0.3 is 0 Å². The van der Waals surface area contributed by atoms with Crippen LogP contribution in [0.15, 0.2) is 12.4 Å². The van der Waals surface area contributed by atoms with E-state index in [1.54, 1.807) is 6.07 Å². The van der Waals surface area contributed by atoms with Crippen LogP contribution in [-0.2, 0) is 4.74 Å². The number of rotatable bonds is 3. The van der Waals surface area contributed by atoms with Gasteiger partial charge in [-0.2, -0.15) is 0 Å². The van der Waals surface area contributed by atoms with Gasteiger partial charge in [0, 0.05) is 38.7 Å². The summed E-state index contributed by atoms with van der Waals surface area (Å²) in [5.41, 5.74) is 4.82. The Bertz CT molecular complexity index is 352. The predicted octanol–water partition coefficient (Wildman–Crippen LogP) is 0.0122. The average Bonchev–Trinajstić information content (AvgIpc) is 2.28. The summed E-state index contributed by atoms with van der Waals surface area (Å²) in [7, 11) is 0. The molecule has 88 valence electrons. The number of aromatic nitrogens is 2. The van der Waals surface area contributed by atoms with Crippen LogP contribution >= 0.6 is 0 Å². The second-order valence-electron chi connectivity index (χ2n) is 4.02. The standard InChI is InChI=1S/C10H16N4O2/c11-8-5-9(14-7-13-8)12-6-10(15)1-3-16-4-2-10/h5,7,15H,1-4,6H2,(H3,11,12,13,14). The summed E-state index contributed by atoms with van der Waals surface area (Å²) >= 11 is 0. The van der Waals surface area contributed by atoms with Gasteiger partial charge in [0.05, 0.1) is 5.60 Å². The summed E-state index contributed by atoms with van der Waals surface area (Å²) in [6.45, 7) is 1.65. The number of nitrogens with two attached hydrogens (primary N) is 1. The van der Waals surface area contributed by atoms with Crippen molar-refractivity contribution in [3.05, 3.63) is 12.4 Å². The van der Waals surface area contributed by atoms with E-state index in [0.717, 1.165) is 0 Å². The maximum Gasteiger partial charge on any atom is 0.131 e. The van der Waals surface area contributed by atoms with E-state index in [4.69, 9.17) is 10.5 Å². The number of hydrogen-bond donors (Lipinski definition) is 3. The Kier molecular flexibility index (Phi) is 3.21. The number of anilines is 2. The second kappa shape index (κ2) is 4.63. The molecule has 0 unspecified atom stereocenters. The Morgan fingerprint density at radius 2 is 2.19 bits per heavy atom. The molecule has 0 aliphatic carbocycles. The normalized spacial score (nSPS) is 19.3. The molecule has 0 saturated carbocycles. The van der Waals surface area contributed by atoms with Gasteiger partial charge in [-0.1, -0.05) is 0 Å². The van der Waals surface area contributed by atoms with Crippen LogP contribution in [0.5, 0.6) is 0 Å². The van der Waals surface area contributed by atoms with Crippen molar-refractivity contribution in [1.29, 1.82) is 0 Å². The van der Waals surface area contributed by atoms with Crippen molar-refractivity contribution < 1.29 is 9.84 Å². The highest BCUT2D eigenvalue weighted by atomic mass is 16.5. The van der Waals surface area contributed by atoms with E-state index in [9.17, 15) is 5.11 Å². The SMILES string of the molecule is Nc1cc(NCC2(O)CCOCC2)ncn1. The molecule has 6 heteroatoms. The van der Waals surface area contributed by atoms with Crippen molar-refractivity contribution >= 4 is 11.6 Å². The fourth-order valence-corrected chi connectivity index (χ4v) is 1.65. The van der Waals surface area contributed by atoms with Gasteiger partial charge in [0.1, 0.15) is 18.0 Å². The average molecular weight is 224 g/mol. The highest BCUT2D eigenvalue weighted by molar-refractivity contribution is 5.43. The highest BCUT2D eigenvalue weighted by Gasteiger charge is 2.29. The maximum atomic E-state index is 10.2.